The van der Waals surface area contributed by atoms with Crippen molar-refractivity contribution in [3.05, 3.63) is 0 Å². The summed E-state index contributed by atoms with van der Waals surface area (Å²) >= 11 is 0. The highest BCUT2D eigenvalue weighted by Crippen LogP contribution is 2.38. The van der Waals surface area contributed by atoms with Crippen molar-refractivity contribution < 1.29 is 9.46 Å². The molecule has 1 aliphatic rings. The maximum absolute atomic E-state index is 10.5. The molecular formula is C8H21N2O2P. The first-order valence-electron chi connectivity index (χ1n) is 4.84. The highest BCUT2D eigenvalue weighted by Gasteiger charge is 2.08. The van der Waals surface area contributed by atoms with Crippen molar-refractivity contribution in [2.45, 2.75) is 13.8 Å². The zero-order chi connectivity index (χ0) is 10.2. The van der Waals surface area contributed by atoms with Gasteiger partial charge in [-0.05, 0) is 0 Å². The Morgan fingerprint density at radius 3 is 1.46 bits per heavy atom. The van der Waals surface area contributed by atoms with E-state index >= 15 is 0 Å². The molecule has 0 saturated carbocycles. The molecule has 0 radical (unpaired) electrons. The van der Waals surface area contributed by atoms with Crippen molar-refractivity contribution >= 4 is 7.37 Å². The van der Waals surface area contributed by atoms with Gasteiger partial charge in [-0.2, -0.15) is 0 Å². The van der Waals surface area contributed by atoms with E-state index in [1.165, 1.54) is 0 Å². The van der Waals surface area contributed by atoms with E-state index in [9.17, 15) is 4.57 Å². The van der Waals surface area contributed by atoms with E-state index in [0.717, 1.165) is 26.2 Å². The third kappa shape index (κ3) is 8.44. The smallest absolute Gasteiger partial charge is 0.200 e. The van der Waals surface area contributed by atoms with Gasteiger partial charge in [-0.25, -0.2) is 0 Å². The average Bonchev–Trinajstić information content (AvgIpc) is 2.21. The molecule has 0 amide bonds. The molecular weight excluding hydrogens is 187 g/mol. The van der Waals surface area contributed by atoms with Crippen LogP contribution in [-0.2, 0) is 4.57 Å². The molecule has 0 spiro atoms. The van der Waals surface area contributed by atoms with Crippen molar-refractivity contribution in [3.63, 3.8) is 0 Å². The first-order valence-corrected chi connectivity index (χ1v) is 6.87. The molecule has 13 heavy (non-hydrogen) atoms. The van der Waals surface area contributed by atoms with Crippen molar-refractivity contribution in [1.29, 1.82) is 0 Å². The highest BCUT2D eigenvalue weighted by atomic mass is 31.2. The molecule has 80 valence electrons. The Morgan fingerprint density at radius 1 is 1.08 bits per heavy atom. The van der Waals surface area contributed by atoms with Gasteiger partial charge >= 0.3 is 0 Å². The molecule has 0 aromatic heterocycles. The normalized spacial score (nSPS) is 17.5. The Hall–Kier alpha value is 0.110. The average molecular weight is 208 g/mol. The number of piperazine rings is 1. The van der Waals surface area contributed by atoms with Crippen molar-refractivity contribution in [2.24, 2.45) is 0 Å². The Balaban J connectivity index is 0.000000223. The van der Waals surface area contributed by atoms with Crippen molar-refractivity contribution in [1.82, 2.24) is 10.6 Å². The van der Waals surface area contributed by atoms with Gasteiger partial charge < -0.3 is 15.5 Å². The summed E-state index contributed by atoms with van der Waals surface area (Å²) in [5.41, 5.74) is 0. The molecule has 0 aromatic rings. The molecule has 3 N–H and O–H groups in total. The lowest BCUT2D eigenvalue weighted by atomic mass is 10.4. The zero-order valence-corrected chi connectivity index (χ0v) is 9.44. The first-order chi connectivity index (χ1) is 6.12. The monoisotopic (exact) mass is 208 g/mol. The summed E-state index contributed by atoms with van der Waals surface area (Å²) in [6.45, 7) is 8.01. The molecule has 5 heteroatoms. The van der Waals surface area contributed by atoms with Gasteiger partial charge in [0.25, 0.3) is 0 Å². The van der Waals surface area contributed by atoms with E-state index in [1.807, 2.05) is 0 Å². The zero-order valence-electron chi connectivity index (χ0n) is 8.55. The second-order valence-corrected chi connectivity index (χ2v) is 5.94. The van der Waals surface area contributed by atoms with Gasteiger partial charge in [0.15, 0.2) is 7.37 Å². The molecule has 0 aliphatic carbocycles. The lowest BCUT2D eigenvalue weighted by Gasteiger charge is -2.11. The maximum Gasteiger partial charge on any atom is 0.200 e. The number of hydrogen-bond acceptors (Lipinski definition) is 3. The number of rotatable bonds is 2. The molecule has 0 unspecified atom stereocenters. The van der Waals surface area contributed by atoms with Crippen LogP contribution in [0.3, 0.4) is 0 Å². The second kappa shape index (κ2) is 7.51. The van der Waals surface area contributed by atoms with E-state index in [0.29, 0.717) is 12.3 Å². The van der Waals surface area contributed by atoms with E-state index in [2.05, 4.69) is 10.6 Å². The first kappa shape index (κ1) is 13.1. The summed E-state index contributed by atoms with van der Waals surface area (Å²) in [4.78, 5) is 8.69. The minimum Gasteiger partial charge on any atom is -0.344 e. The van der Waals surface area contributed by atoms with Gasteiger partial charge in [0, 0.05) is 38.5 Å². The third-order valence-corrected chi connectivity index (χ3v) is 3.92. The molecule has 4 nitrogen and oxygen atoms in total. The quantitative estimate of drug-likeness (QED) is 0.577. The van der Waals surface area contributed by atoms with E-state index in [1.54, 1.807) is 13.8 Å². The third-order valence-electron chi connectivity index (χ3n) is 1.95. The molecule has 1 heterocycles. The summed E-state index contributed by atoms with van der Waals surface area (Å²) in [6.07, 6.45) is 0.812. The molecule has 1 aliphatic heterocycles. The maximum atomic E-state index is 10.5. The predicted octanol–water partition coefficient (Wildman–Crippen LogP) is 0.476. The van der Waals surface area contributed by atoms with E-state index in [4.69, 9.17) is 4.89 Å². The van der Waals surface area contributed by atoms with Gasteiger partial charge in [0.1, 0.15) is 0 Å². The van der Waals surface area contributed by atoms with E-state index < -0.39 is 7.37 Å². The summed E-state index contributed by atoms with van der Waals surface area (Å²) < 4.78 is 10.5. The summed E-state index contributed by atoms with van der Waals surface area (Å²) in [7, 11) is -2.65. The van der Waals surface area contributed by atoms with Crippen molar-refractivity contribution in [2.75, 3.05) is 38.5 Å². The van der Waals surface area contributed by atoms with Gasteiger partial charge in [0.2, 0.25) is 0 Å². The standard InChI is InChI=1S/C4H10N2.C4H11O2P/c1-2-6-4-3-5-1;1-3-7(5,6)4-2/h5-6H,1-4H2;3-4H2,1-2H3,(H,5,6). The fourth-order valence-electron chi connectivity index (χ4n) is 0.827. The molecule has 1 fully saturated rings. The number of nitrogens with one attached hydrogen (secondary N) is 2. The van der Waals surface area contributed by atoms with Crippen LogP contribution in [0.1, 0.15) is 13.8 Å². The van der Waals surface area contributed by atoms with Gasteiger partial charge in [-0.3, -0.25) is 4.57 Å². The van der Waals surface area contributed by atoms with Crippen LogP contribution >= 0.6 is 7.37 Å². The molecule has 1 rings (SSSR count). The van der Waals surface area contributed by atoms with Gasteiger partial charge in [-0.1, -0.05) is 13.8 Å². The van der Waals surface area contributed by atoms with E-state index in [-0.39, 0.29) is 0 Å². The minimum atomic E-state index is -2.65. The van der Waals surface area contributed by atoms with Crippen LogP contribution in [0.15, 0.2) is 0 Å². The fraction of sp³-hybridized carbons (Fsp3) is 1.00. The van der Waals surface area contributed by atoms with Crippen molar-refractivity contribution in [3.8, 4) is 0 Å². The molecule has 0 atom stereocenters. The van der Waals surface area contributed by atoms with Crippen LogP contribution in [0.25, 0.3) is 0 Å². The summed E-state index contributed by atoms with van der Waals surface area (Å²) in [5.74, 6) is 0. The minimum absolute atomic E-state index is 0.406. The van der Waals surface area contributed by atoms with Gasteiger partial charge in [-0.15, -0.1) is 0 Å². The lowest BCUT2D eigenvalue weighted by Crippen LogP contribution is -2.39. The van der Waals surface area contributed by atoms with Gasteiger partial charge in [0.05, 0.1) is 0 Å². The second-order valence-electron chi connectivity index (χ2n) is 2.98. The summed E-state index contributed by atoms with van der Waals surface area (Å²) in [5, 5.41) is 6.44. The molecule has 1 saturated heterocycles. The van der Waals surface area contributed by atoms with Crippen LogP contribution in [-0.4, -0.2) is 43.4 Å². The topological polar surface area (TPSA) is 61.4 Å². The summed E-state index contributed by atoms with van der Waals surface area (Å²) in [6, 6.07) is 0. The Labute approximate surface area is 80.6 Å². The van der Waals surface area contributed by atoms with Crippen LogP contribution in [0, 0.1) is 0 Å². The SMILES string of the molecule is C1CNCCN1.CCP(=O)(O)CC. The Bertz CT molecular complexity index is 141. The van der Waals surface area contributed by atoms with Crippen LogP contribution in [0.2, 0.25) is 0 Å². The highest BCUT2D eigenvalue weighted by molar-refractivity contribution is 7.57. The predicted molar refractivity (Wildman–Crippen MR) is 56.6 cm³/mol. The largest absolute Gasteiger partial charge is 0.344 e. The molecule has 0 bridgehead atoms. The fourth-order valence-corrected chi connectivity index (χ4v) is 1.27. The number of hydrogen-bond donors (Lipinski definition) is 3. The molecule has 0 aromatic carbocycles. The Morgan fingerprint density at radius 2 is 1.38 bits per heavy atom. The van der Waals surface area contributed by atoms with Crippen LogP contribution in [0.5, 0.6) is 0 Å². The van der Waals surface area contributed by atoms with Crippen LogP contribution < -0.4 is 10.6 Å². The van der Waals surface area contributed by atoms with Crippen LogP contribution in [0.4, 0.5) is 0 Å². The lowest BCUT2D eigenvalue weighted by molar-refractivity contribution is 0.481. The Kier molecular flexibility index (Phi) is 7.57.